The molecule has 110 valence electrons. The van der Waals surface area contributed by atoms with Gasteiger partial charge in [-0.25, -0.2) is 0 Å². The van der Waals surface area contributed by atoms with Gasteiger partial charge in [-0.1, -0.05) is 19.8 Å². The van der Waals surface area contributed by atoms with Crippen molar-refractivity contribution < 1.29 is 9.59 Å². The molecule has 19 heavy (non-hydrogen) atoms. The van der Waals surface area contributed by atoms with E-state index < -0.39 is 5.54 Å². The van der Waals surface area contributed by atoms with Gasteiger partial charge in [-0.15, -0.1) is 0 Å². The van der Waals surface area contributed by atoms with Gasteiger partial charge in [0.05, 0.1) is 12.1 Å². The molecule has 2 N–H and O–H groups in total. The lowest BCUT2D eigenvalue weighted by Crippen LogP contribution is -2.58. The highest BCUT2D eigenvalue weighted by molar-refractivity contribution is 5.90. The monoisotopic (exact) mass is 269 g/mol. The summed E-state index contributed by atoms with van der Waals surface area (Å²) in [5.74, 6) is 0.338. The summed E-state index contributed by atoms with van der Waals surface area (Å²) in [5, 5.41) is 0. The van der Waals surface area contributed by atoms with Crippen LogP contribution >= 0.6 is 0 Å². The SMILES string of the molecule is CCN(CC(=O)N(C)C)C(=O)C1(N)CCCC(C)C1. The molecule has 1 saturated carbocycles. The van der Waals surface area contributed by atoms with Crippen molar-refractivity contribution >= 4 is 11.8 Å². The van der Waals surface area contributed by atoms with Crippen LogP contribution in [0.2, 0.25) is 0 Å². The van der Waals surface area contributed by atoms with Gasteiger partial charge in [0.2, 0.25) is 11.8 Å². The zero-order valence-corrected chi connectivity index (χ0v) is 12.6. The fourth-order valence-corrected chi connectivity index (χ4v) is 2.73. The van der Waals surface area contributed by atoms with Gasteiger partial charge >= 0.3 is 0 Å². The lowest BCUT2D eigenvalue weighted by Gasteiger charge is -2.38. The molecule has 0 aromatic carbocycles. The molecule has 5 heteroatoms. The molecule has 1 aliphatic carbocycles. The molecule has 1 rings (SSSR count). The third-order valence-electron chi connectivity index (χ3n) is 3.95. The van der Waals surface area contributed by atoms with Crippen LogP contribution in [-0.2, 0) is 9.59 Å². The fourth-order valence-electron chi connectivity index (χ4n) is 2.73. The van der Waals surface area contributed by atoms with Crippen LogP contribution in [0.15, 0.2) is 0 Å². The highest BCUT2D eigenvalue weighted by atomic mass is 16.2. The molecule has 1 aliphatic rings. The fraction of sp³-hybridized carbons (Fsp3) is 0.857. The minimum absolute atomic E-state index is 0.0670. The minimum Gasteiger partial charge on any atom is -0.347 e. The van der Waals surface area contributed by atoms with E-state index in [0.717, 1.165) is 25.7 Å². The molecular weight excluding hydrogens is 242 g/mol. The third-order valence-corrected chi connectivity index (χ3v) is 3.95. The normalized spacial score (nSPS) is 26.9. The van der Waals surface area contributed by atoms with E-state index in [1.165, 1.54) is 4.90 Å². The summed E-state index contributed by atoms with van der Waals surface area (Å²) in [5.41, 5.74) is 5.53. The Morgan fingerprint density at radius 2 is 2.00 bits per heavy atom. The van der Waals surface area contributed by atoms with Gasteiger partial charge in [0.15, 0.2) is 0 Å². The number of rotatable bonds is 4. The summed E-state index contributed by atoms with van der Waals surface area (Å²) < 4.78 is 0. The summed E-state index contributed by atoms with van der Waals surface area (Å²) in [4.78, 5) is 27.4. The Bertz CT molecular complexity index is 344. The number of hydrogen-bond acceptors (Lipinski definition) is 3. The maximum Gasteiger partial charge on any atom is 0.243 e. The number of hydrogen-bond donors (Lipinski definition) is 1. The van der Waals surface area contributed by atoms with Gasteiger partial charge in [-0.3, -0.25) is 9.59 Å². The molecule has 2 atom stereocenters. The van der Waals surface area contributed by atoms with Crippen LogP contribution in [0.1, 0.15) is 39.5 Å². The Kier molecular flexibility index (Phi) is 5.35. The van der Waals surface area contributed by atoms with E-state index in [2.05, 4.69) is 6.92 Å². The molecular formula is C14H27N3O2. The molecule has 0 aromatic rings. The summed E-state index contributed by atoms with van der Waals surface area (Å²) in [6.07, 6.45) is 3.57. The van der Waals surface area contributed by atoms with Crippen molar-refractivity contribution in [1.82, 2.24) is 9.80 Å². The molecule has 2 unspecified atom stereocenters. The van der Waals surface area contributed by atoms with Crippen LogP contribution in [-0.4, -0.2) is 54.3 Å². The number of likely N-dealkylation sites (N-methyl/N-ethyl adjacent to an activating group) is 2. The number of carbonyl (C=O) groups is 2. The highest BCUT2D eigenvalue weighted by Crippen LogP contribution is 2.31. The van der Waals surface area contributed by atoms with Gasteiger partial charge in [0.1, 0.15) is 0 Å². The maximum atomic E-state index is 12.6. The quantitative estimate of drug-likeness (QED) is 0.822. The molecule has 0 bridgehead atoms. The zero-order valence-electron chi connectivity index (χ0n) is 12.6. The molecule has 0 saturated heterocycles. The van der Waals surface area contributed by atoms with Crippen molar-refractivity contribution in [3.8, 4) is 0 Å². The van der Waals surface area contributed by atoms with Gasteiger partial charge in [-0.05, 0) is 25.7 Å². The second-order valence-corrected chi connectivity index (χ2v) is 5.97. The van der Waals surface area contributed by atoms with Gasteiger partial charge in [-0.2, -0.15) is 0 Å². The lowest BCUT2D eigenvalue weighted by molar-refractivity contribution is -0.144. The molecule has 0 heterocycles. The first-order chi connectivity index (χ1) is 8.80. The molecule has 0 aromatic heterocycles. The Labute approximate surface area is 116 Å². The minimum atomic E-state index is -0.778. The highest BCUT2D eigenvalue weighted by Gasteiger charge is 2.40. The smallest absolute Gasteiger partial charge is 0.243 e. The molecule has 0 spiro atoms. The average Bonchev–Trinajstić information content (AvgIpc) is 2.34. The van der Waals surface area contributed by atoms with Crippen molar-refractivity contribution in [2.24, 2.45) is 11.7 Å². The van der Waals surface area contributed by atoms with E-state index in [0.29, 0.717) is 12.5 Å². The Morgan fingerprint density at radius 1 is 1.37 bits per heavy atom. The van der Waals surface area contributed by atoms with Crippen molar-refractivity contribution in [3.05, 3.63) is 0 Å². The van der Waals surface area contributed by atoms with Gasteiger partial charge in [0, 0.05) is 20.6 Å². The zero-order chi connectivity index (χ0) is 14.6. The summed E-state index contributed by atoms with van der Waals surface area (Å²) in [6.45, 7) is 4.66. The standard InChI is InChI=1S/C14H27N3O2/c1-5-17(10-12(18)16(3)4)13(19)14(15)8-6-7-11(2)9-14/h11H,5-10,15H2,1-4H3. The first-order valence-electron chi connectivity index (χ1n) is 7.08. The van der Waals surface area contributed by atoms with Crippen molar-refractivity contribution in [2.75, 3.05) is 27.2 Å². The van der Waals surface area contributed by atoms with E-state index in [1.807, 2.05) is 6.92 Å². The van der Waals surface area contributed by atoms with E-state index in [4.69, 9.17) is 5.73 Å². The predicted molar refractivity (Wildman–Crippen MR) is 75.5 cm³/mol. The van der Waals surface area contributed by atoms with E-state index >= 15 is 0 Å². The van der Waals surface area contributed by atoms with Crippen LogP contribution in [0.4, 0.5) is 0 Å². The molecule has 5 nitrogen and oxygen atoms in total. The summed E-state index contributed by atoms with van der Waals surface area (Å²) in [7, 11) is 3.39. The summed E-state index contributed by atoms with van der Waals surface area (Å²) >= 11 is 0. The van der Waals surface area contributed by atoms with Crippen LogP contribution in [0.25, 0.3) is 0 Å². The molecule has 0 radical (unpaired) electrons. The van der Waals surface area contributed by atoms with E-state index in [-0.39, 0.29) is 18.4 Å². The first-order valence-corrected chi connectivity index (χ1v) is 7.08. The van der Waals surface area contributed by atoms with E-state index in [9.17, 15) is 9.59 Å². The molecule has 2 amide bonds. The van der Waals surface area contributed by atoms with Crippen molar-refractivity contribution in [2.45, 2.75) is 45.1 Å². The number of nitrogens with two attached hydrogens (primary N) is 1. The van der Waals surface area contributed by atoms with Gasteiger partial charge < -0.3 is 15.5 Å². The topological polar surface area (TPSA) is 66.6 Å². The lowest BCUT2D eigenvalue weighted by atomic mass is 9.76. The number of nitrogens with zero attached hydrogens (tertiary/aromatic N) is 2. The maximum absolute atomic E-state index is 12.6. The third kappa shape index (κ3) is 3.93. The molecule has 1 fully saturated rings. The molecule has 0 aliphatic heterocycles. The van der Waals surface area contributed by atoms with Crippen LogP contribution < -0.4 is 5.73 Å². The largest absolute Gasteiger partial charge is 0.347 e. The van der Waals surface area contributed by atoms with Crippen LogP contribution in [0.5, 0.6) is 0 Å². The predicted octanol–water partition coefficient (Wildman–Crippen LogP) is 0.831. The number of amides is 2. The van der Waals surface area contributed by atoms with Gasteiger partial charge in [0.25, 0.3) is 0 Å². The Hall–Kier alpha value is -1.10. The van der Waals surface area contributed by atoms with Crippen molar-refractivity contribution in [1.29, 1.82) is 0 Å². The Morgan fingerprint density at radius 3 is 2.47 bits per heavy atom. The first kappa shape index (κ1) is 16.0. The van der Waals surface area contributed by atoms with E-state index in [1.54, 1.807) is 19.0 Å². The second kappa shape index (κ2) is 6.37. The van der Waals surface area contributed by atoms with Crippen LogP contribution in [0.3, 0.4) is 0 Å². The summed E-state index contributed by atoms with van der Waals surface area (Å²) in [6, 6.07) is 0. The number of carbonyl (C=O) groups excluding carboxylic acids is 2. The second-order valence-electron chi connectivity index (χ2n) is 5.97. The Balaban J connectivity index is 2.74. The average molecular weight is 269 g/mol. The van der Waals surface area contributed by atoms with Crippen molar-refractivity contribution in [3.63, 3.8) is 0 Å². The van der Waals surface area contributed by atoms with Crippen LogP contribution in [0, 0.1) is 5.92 Å².